The number of aromatic nitrogens is 2. The molecule has 0 spiro atoms. The number of hydrogen-bond donors (Lipinski definition) is 0. The van der Waals surface area contributed by atoms with Crippen molar-refractivity contribution in [2.75, 3.05) is 19.1 Å². The average Bonchev–Trinajstić information content (AvgIpc) is 2.21. The molecular weight excluding hydrogens is 216 g/mol. The van der Waals surface area contributed by atoms with Gasteiger partial charge in [-0.1, -0.05) is 11.8 Å². The van der Waals surface area contributed by atoms with Crippen LogP contribution in [0.2, 0.25) is 0 Å². The highest BCUT2D eigenvalue weighted by Crippen LogP contribution is 2.27. The Hall–Kier alpha value is -0.420. The lowest BCUT2D eigenvalue weighted by Crippen LogP contribution is -2.01. The Bertz CT molecular complexity index is 318. The standard InChI is InChI=1S/C9H14N2OS2/c1-5-12-7-6(2)8(13-3)11-9(10-7)14-4/h5H2,1-4H3. The molecule has 0 aromatic carbocycles. The summed E-state index contributed by atoms with van der Waals surface area (Å²) in [6.07, 6.45) is 3.97. The molecule has 1 rings (SSSR count). The third-order valence-corrected chi connectivity index (χ3v) is 3.02. The predicted octanol–water partition coefficient (Wildman–Crippen LogP) is 2.63. The van der Waals surface area contributed by atoms with E-state index >= 15 is 0 Å². The van der Waals surface area contributed by atoms with E-state index in [2.05, 4.69) is 9.97 Å². The smallest absolute Gasteiger partial charge is 0.221 e. The molecule has 0 amide bonds. The molecule has 0 aliphatic heterocycles. The number of hydrogen-bond acceptors (Lipinski definition) is 5. The Kier molecular flexibility index (Phi) is 4.54. The van der Waals surface area contributed by atoms with Crippen molar-refractivity contribution in [2.45, 2.75) is 24.0 Å². The van der Waals surface area contributed by atoms with E-state index in [4.69, 9.17) is 4.74 Å². The summed E-state index contributed by atoms with van der Waals surface area (Å²) in [6.45, 7) is 4.58. The van der Waals surface area contributed by atoms with Gasteiger partial charge >= 0.3 is 0 Å². The van der Waals surface area contributed by atoms with Gasteiger partial charge in [0.25, 0.3) is 0 Å². The summed E-state index contributed by atoms with van der Waals surface area (Å²) < 4.78 is 5.44. The van der Waals surface area contributed by atoms with Gasteiger partial charge in [0.15, 0.2) is 5.16 Å². The van der Waals surface area contributed by atoms with Gasteiger partial charge in [0.05, 0.1) is 6.61 Å². The fourth-order valence-corrected chi connectivity index (χ4v) is 2.01. The molecule has 0 aliphatic rings. The van der Waals surface area contributed by atoms with E-state index in [1.54, 1.807) is 11.8 Å². The molecule has 0 N–H and O–H groups in total. The number of rotatable bonds is 4. The molecule has 78 valence electrons. The van der Waals surface area contributed by atoms with Crippen LogP contribution < -0.4 is 4.74 Å². The molecule has 1 heterocycles. The molecule has 0 radical (unpaired) electrons. The van der Waals surface area contributed by atoms with Gasteiger partial charge in [-0.2, -0.15) is 4.98 Å². The summed E-state index contributed by atoms with van der Waals surface area (Å²) in [5, 5.41) is 1.76. The molecule has 14 heavy (non-hydrogen) atoms. The van der Waals surface area contributed by atoms with Crippen molar-refractivity contribution >= 4 is 23.5 Å². The highest BCUT2D eigenvalue weighted by atomic mass is 32.2. The second-order valence-electron chi connectivity index (χ2n) is 2.58. The fraction of sp³-hybridized carbons (Fsp3) is 0.556. The largest absolute Gasteiger partial charge is 0.478 e. The monoisotopic (exact) mass is 230 g/mol. The maximum atomic E-state index is 5.44. The maximum Gasteiger partial charge on any atom is 0.221 e. The molecule has 3 nitrogen and oxygen atoms in total. The summed E-state index contributed by atoms with van der Waals surface area (Å²) in [4.78, 5) is 8.69. The first kappa shape index (κ1) is 11.7. The van der Waals surface area contributed by atoms with Crippen LogP contribution in [0.25, 0.3) is 0 Å². The molecule has 0 fully saturated rings. The van der Waals surface area contributed by atoms with Gasteiger partial charge in [-0.3, -0.25) is 0 Å². The fourth-order valence-electron chi connectivity index (χ4n) is 1.03. The van der Waals surface area contributed by atoms with Gasteiger partial charge < -0.3 is 4.74 Å². The van der Waals surface area contributed by atoms with Crippen molar-refractivity contribution in [2.24, 2.45) is 0 Å². The molecule has 5 heteroatoms. The minimum absolute atomic E-state index is 0.638. The third kappa shape index (κ3) is 2.54. The molecule has 0 aliphatic carbocycles. The first-order valence-electron chi connectivity index (χ1n) is 4.32. The third-order valence-electron chi connectivity index (χ3n) is 1.69. The number of ether oxygens (including phenoxy) is 1. The molecule has 0 atom stereocenters. The Balaban J connectivity index is 3.12. The molecule has 1 aromatic rings. The Labute approximate surface area is 93.1 Å². The first-order valence-corrected chi connectivity index (χ1v) is 6.77. The lowest BCUT2D eigenvalue weighted by Gasteiger charge is -2.09. The van der Waals surface area contributed by atoms with E-state index in [1.165, 1.54) is 11.8 Å². The van der Waals surface area contributed by atoms with Crippen molar-refractivity contribution < 1.29 is 4.74 Å². The summed E-state index contributed by atoms with van der Waals surface area (Å²) in [5.41, 5.74) is 1.03. The van der Waals surface area contributed by atoms with Crippen LogP contribution >= 0.6 is 23.5 Å². The van der Waals surface area contributed by atoms with E-state index in [-0.39, 0.29) is 0 Å². The topological polar surface area (TPSA) is 35.0 Å². The lowest BCUT2D eigenvalue weighted by molar-refractivity contribution is 0.318. The van der Waals surface area contributed by atoms with Gasteiger partial charge in [0, 0.05) is 5.56 Å². The zero-order valence-electron chi connectivity index (χ0n) is 8.83. The van der Waals surface area contributed by atoms with Crippen molar-refractivity contribution in [3.05, 3.63) is 5.56 Å². The van der Waals surface area contributed by atoms with Crippen molar-refractivity contribution in [1.29, 1.82) is 0 Å². The molecular formula is C9H14N2OS2. The molecule has 0 saturated carbocycles. The molecule has 0 bridgehead atoms. The Morgan fingerprint density at radius 1 is 1.21 bits per heavy atom. The normalized spacial score (nSPS) is 10.3. The lowest BCUT2D eigenvalue weighted by atomic mass is 10.4. The SMILES string of the molecule is CCOc1nc(SC)nc(SC)c1C. The summed E-state index contributed by atoms with van der Waals surface area (Å²) in [5.74, 6) is 0.705. The highest BCUT2D eigenvalue weighted by Gasteiger charge is 2.10. The van der Waals surface area contributed by atoms with E-state index in [0.717, 1.165) is 15.7 Å². The zero-order chi connectivity index (χ0) is 10.6. The van der Waals surface area contributed by atoms with Crippen LogP contribution in [0.5, 0.6) is 5.88 Å². The van der Waals surface area contributed by atoms with Crippen LogP contribution in [-0.2, 0) is 0 Å². The van der Waals surface area contributed by atoms with Crippen molar-refractivity contribution in [1.82, 2.24) is 9.97 Å². The van der Waals surface area contributed by atoms with Gasteiger partial charge in [-0.05, 0) is 26.4 Å². The molecule has 0 saturated heterocycles. The minimum Gasteiger partial charge on any atom is -0.478 e. The quantitative estimate of drug-likeness (QED) is 0.451. The van der Waals surface area contributed by atoms with E-state index in [9.17, 15) is 0 Å². The van der Waals surface area contributed by atoms with Crippen LogP contribution in [-0.4, -0.2) is 29.1 Å². The second kappa shape index (κ2) is 5.46. The summed E-state index contributed by atoms with van der Waals surface area (Å²) in [7, 11) is 0. The Morgan fingerprint density at radius 3 is 2.43 bits per heavy atom. The van der Waals surface area contributed by atoms with Gasteiger partial charge in [0.1, 0.15) is 5.03 Å². The second-order valence-corrected chi connectivity index (χ2v) is 4.15. The Morgan fingerprint density at radius 2 is 1.93 bits per heavy atom. The van der Waals surface area contributed by atoms with E-state index in [1.807, 2.05) is 26.4 Å². The van der Waals surface area contributed by atoms with Crippen molar-refractivity contribution in [3.8, 4) is 5.88 Å². The number of nitrogens with zero attached hydrogens (tertiary/aromatic N) is 2. The summed E-state index contributed by atoms with van der Waals surface area (Å²) >= 11 is 3.15. The summed E-state index contributed by atoms with van der Waals surface area (Å²) in [6, 6.07) is 0. The van der Waals surface area contributed by atoms with Crippen LogP contribution in [0.3, 0.4) is 0 Å². The van der Waals surface area contributed by atoms with E-state index in [0.29, 0.717) is 12.5 Å². The predicted molar refractivity (Wildman–Crippen MR) is 61.5 cm³/mol. The van der Waals surface area contributed by atoms with Gasteiger partial charge in [-0.25, -0.2) is 4.98 Å². The maximum absolute atomic E-state index is 5.44. The zero-order valence-corrected chi connectivity index (χ0v) is 10.5. The molecule has 1 aromatic heterocycles. The van der Waals surface area contributed by atoms with Crippen molar-refractivity contribution in [3.63, 3.8) is 0 Å². The first-order chi connectivity index (χ1) is 6.72. The van der Waals surface area contributed by atoms with Gasteiger partial charge in [0.2, 0.25) is 5.88 Å². The average molecular weight is 230 g/mol. The van der Waals surface area contributed by atoms with Crippen LogP contribution in [0.4, 0.5) is 0 Å². The van der Waals surface area contributed by atoms with E-state index < -0.39 is 0 Å². The van der Waals surface area contributed by atoms with Crippen LogP contribution in [0.1, 0.15) is 12.5 Å². The van der Waals surface area contributed by atoms with Crippen LogP contribution in [0.15, 0.2) is 10.2 Å². The minimum atomic E-state index is 0.638. The highest BCUT2D eigenvalue weighted by molar-refractivity contribution is 7.99. The van der Waals surface area contributed by atoms with Gasteiger partial charge in [-0.15, -0.1) is 11.8 Å². The molecule has 0 unspecified atom stereocenters. The van der Waals surface area contributed by atoms with Crippen LogP contribution in [0, 0.1) is 6.92 Å². The number of thioether (sulfide) groups is 2.